The molecule has 4 fully saturated rings. The fraction of sp³-hybridized carbons (Fsp3) is 0.923. The van der Waals surface area contributed by atoms with Crippen molar-refractivity contribution in [3.05, 3.63) is 0 Å². The molecule has 0 amide bonds. The number of carbonyl (C=O) groups is 1. The van der Waals surface area contributed by atoms with Gasteiger partial charge in [-0.25, -0.2) is 0 Å². The summed E-state index contributed by atoms with van der Waals surface area (Å²) in [5, 5.41) is 12.5. The van der Waals surface area contributed by atoms with E-state index in [2.05, 4.69) is 22.9 Å². The van der Waals surface area contributed by atoms with Gasteiger partial charge in [0.15, 0.2) is 0 Å². The maximum Gasteiger partial charge on any atom is 0.0476 e. The zero-order chi connectivity index (χ0) is 11.6. The smallest absolute Gasteiger partial charge is 0.0476 e. The Bertz CT molecular complexity index is 356. The fourth-order valence-corrected chi connectivity index (χ4v) is 6.14. The second-order valence-corrected chi connectivity index (χ2v) is 7.58. The lowest BCUT2D eigenvalue weighted by Gasteiger charge is -2.66. The lowest BCUT2D eigenvalue weighted by atomic mass is 9.40. The number of carbonyl (C=O) groups excluding carboxylic acids is 1. The predicted octanol–water partition coefficient (Wildman–Crippen LogP) is 2.11. The van der Waals surface area contributed by atoms with E-state index in [0.29, 0.717) is 5.92 Å². The van der Waals surface area contributed by atoms with Gasteiger partial charge < -0.3 is 9.90 Å². The lowest BCUT2D eigenvalue weighted by molar-refractivity contribution is -0.331. The molecule has 0 aromatic carbocycles. The summed E-state index contributed by atoms with van der Waals surface area (Å²) in [5.41, 5.74) is 0.00340. The molecule has 0 N–H and O–H groups in total. The van der Waals surface area contributed by atoms with Crippen LogP contribution in [0.2, 0.25) is 0 Å². The normalized spacial score (nSPS) is 54.2. The van der Waals surface area contributed by atoms with Crippen LogP contribution in [0.3, 0.4) is 0 Å². The average molecular weight is 286 g/mol. The lowest BCUT2D eigenvalue weighted by Crippen LogP contribution is -2.61. The van der Waals surface area contributed by atoms with E-state index in [1.807, 2.05) is 0 Å². The molecule has 4 atom stereocenters. The van der Waals surface area contributed by atoms with Crippen molar-refractivity contribution in [1.29, 1.82) is 0 Å². The molecule has 0 aromatic heterocycles. The van der Waals surface area contributed by atoms with Crippen molar-refractivity contribution < 1.29 is 9.90 Å². The molecule has 0 unspecified atom stereocenters. The highest BCUT2D eigenvalue weighted by molar-refractivity contribution is 9.09. The van der Waals surface area contributed by atoms with Gasteiger partial charge in [-0.05, 0) is 55.3 Å². The summed E-state index contributed by atoms with van der Waals surface area (Å²) in [4.78, 5) is 11.5. The number of halogens is 1. The summed E-state index contributed by atoms with van der Waals surface area (Å²) >= 11 is 3.62. The van der Waals surface area contributed by atoms with E-state index in [0.717, 1.165) is 24.6 Å². The molecule has 0 aliphatic heterocycles. The van der Waals surface area contributed by atoms with Gasteiger partial charge in [-0.1, -0.05) is 22.9 Å². The van der Waals surface area contributed by atoms with Crippen LogP contribution in [-0.2, 0) is 4.79 Å². The van der Waals surface area contributed by atoms with Gasteiger partial charge >= 0.3 is 0 Å². The van der Waals surface area contributed by atoms with Crippen molar-refractivity contribution in [2.24, 2.45) is 22.2 Å². The molecule has 90 valence electrons. The Kier molecular flexibility index (Phi) is 2.10. The number of hydrogen-bond acceptors (Lipinski definition) is 2. The summed E-state index contributed by atoms with van der Waals surface area (Å²) in [6, 6.07) is 0. The number of hydrogen-bond donors (Lipinski definition) is 0. The Hall–Kier alpha value is -0.0500. The van der Waals surface area contributed by atoms with Gasteiger partial charge in [0.25, 0.3) is 0 Å². The van der Waals surface area contributed by atoms with Gasteiger partial charge in [0.05, 0.1) is 0 Å². The monoisotopic (exact) mass is 285 g/mol. The highest BCUT2D eigenvalue weighted by atomic mass is 79.9. The Balaban J connectivity index is 2.04. The maximum atomic E-state index is 11.5. The first-order valence-electron chi connectivity index (χ1n) is 6.19. The summed E-state index contributed by atoms with van der Waals surface area (Å²) < 4.78 is 0. The average Bonchev–Trinajstić information content (AvgIpc) is 2.13. The number of rotatable bonds is 2. The van der Waals surface area contributed by atoms with E-state index >= 15 is 0 Å². The standard InChI is InChI=1S/C13H19BrO2/c1-11-2-9-3-12(5-11,8-14)7-13(4-9,6-11)10(15)16/h9H,2-8H2,1H3,(H,15,16)/p-1/t9-,11+,12+,13-/m1/s1. The van der Waals surface area contributed by atoms with Crippen LogP contribution >= 0.6 is 15.9 Å². The Labute approximate surface area is 105 Å². The molecular formula is C13H18BrO2-. The molecule has 4 rings (SSSR count). The second kappa shape index (κ2) is 3.04. The Morgan fingerprint density at radius 3 is 2.62 bits per heavy atom. The molecular weight excluding hydrogens is 268 g/mol. The van der Waals surface area contributed by atoms with Crippen LogP contribution < -0.4 is 5.11 Å². The molecule has 4 bridgehead atoms. The first-order valence-corrected chi connectivity index (χ1v) is 7.31. The van der Waals surface area contributed by atoms with Crippen molar-refractivity contribution >= 4 is 21.9 Å². The van der Waals surface area contributed by atoms with Crippen molar-refractivity contribution in [2.75, 3.05) is 5.33 Å². The van der Waals surface area contributed by atoms with Gasteiger partial charge in [-0.3, -0.25) is 0 Å². The highest BCUT2D eigenvalue weighted by Gasteiger charge is 2.61. The molecule has 4 aliphatic rings. The molecule has 2 nitrogen and oxygen atoms in total. The number of carboxylic acid groups (broad SMARTS) is 1. The van der Waals surface area contributed by atoms with Crippen molar-refractivity contribution in [3.63, 3.8) is 0 Å². The zero-order valence-corrected chi connectivity index (χ0v) is 11.3. The molecule has 0 heterocycles. The topological polar surface area (TPSA) is 40.1 Å². The molecule has 16 heavy (non-hydrogen) atoms. The van der Waals surface area contributed by atoms with E-state index in [9.17, 15) is 9.90 Å². The SMILES string of the molecule is C[C@]12C[C@@H]3C[C@](CBr)(C1)C[C@@](C(=O)[O-])(C3)C2. The van der Waals surface area contributed by atoms with E-state index in [1.165, 1.54) is 19.3 Å². The Morgan fingerprint density at radius 2 is 2.06 bits per heavy atom. The number of aliphatic carboxylic acids is 1. The Morgan fingerprint density at radius 1 is 1.31 bits per heavy atom. The van der Waals surface area contributed by atoms with Gasteiger partial charge in [0, 0.05) is 16.7 Å². The van der Waals surface area contributed by atoms with Crippen LogP contribution in [-0.4, -0.2) is 11.3 Å². The van der Waals surface area contributed by atoms with Crippen LogP contribution in [0.4, 0.5) is 0 Å². The van der Waals surface area contributed by atoms with Gasteiger partial charge in [0.1, 0.15) is 0 Å². The van der Waals surface area contributed by atoms with Crippen molar-refractivity contribution in [1.82, 2.24) is 0 Å². The van der Waals surface area contributed by atoms with Gasteiger partial charge in [0.2, 0.25) is 0 Å². The third-order valence-corrected chi connectivity index (χ3v) is 6.37. The van der Waals surface area contributed by atoms with Crippen molar-refractivity contribution in [3.8, 4) is 0 Å². The fourth-order valence-electron chi connectivity index (χ4n) is 5.52. The number of carboxylic acids is 1. The molecule has 0 radical (unpaired) electrons. The van der Waals surface area contributed by atoms with Crippen molar-refractivity contribution in [2.45, 2.75) is 45.4 Å². The third-order valence-electron chi connectivity index (χ3n) is 5.18. The molecule has 4 saturated carbocycles. The minimum atomic E-state index is -0.784. The third kappa shape index (κ3) is 1.33. The van der Waals surface area contributed by atoms with E-state index < -0.39 is 11.4 Å². The number of alkyl halides is 1. The van der Waals surface area contributed by atoms with Gasteiger partial charge in [-0.2, -0.15) is 0 Å². The summed E-state index contributed by atoms with van der Waals surface area (Å²) in [6.45, 7) is 2.28. The first-order chi connectivity index (χ1) is 7.41. The summed E-state index contributed by atoms with van der Waals surface area (Å²) in [6.07, 6.45) is 6.24. The molecule has 0 saturated heterocycles. The summed E-state index contributed by atoms with van der Waals surface area (Å²) in [7, 11) is 0. The molecule has 0 spiro atoms. The molecule has 3 heteroatoms. The van der Waals surface area contributed by atoms with E-state index in [1.54, 1.807) is 0 Å². The van der Waals surface area contributed by atoms with Crippen LogP contribution in [0.1, 0.15) is 45.4 Å². The predicted molar refractivity (Wildman–Crippen MR) is 63.0 cm³/mol. The van der Waals surface area contributed by atoms with Gasteiger partial charge in [-0.15, -0.1) is 0 Å². The van der Waals surface area contributed by atoms with Crippen LogP contribution in [0.25, 0.3) is 0 Å². The quantitative estimate of drug-likeness (QED) is 0.729. The zero-order valence-electron chi connectivity index (χ0n) is 9.72. The first kappa shape index (κ1) is 11.1. The minimum Gasteiger partial charge on any atom is -0.550 e. The molecule has 4 aliphatic carbocycles. The summed E-state index contributed by atoms with van der Waals surface area (Å²) in [5.74, 6) is -0.162. The molecule has 0 aromatic rings. The minimum absolute atomic E-state index is 0.244. The second-order valence-electron chi connectivity index (χ2n) is 7.02. The maximum absolute atomic E-state index is 11.5. The van der Waals surface area contributed by atoms with E-state index in [4.69, 9.17) is 0 Å². The largest absolute Gasteiger partial charge is 0.550 e. The van der Waals surface area contributed by atoms with Crippen LogP contribution in [0.15, 0.2) is 0 Å². The van der Waals surface area contributed by atoms with Crippen LogP contribution in [0.5, 0.6) is 0 Å². The van der Waals surface area contributed by atoms with Crippen LogP contribution in [0, 0.1) is 22.2 Å². The highest BCUT2D eigenvalue weighted by Crippen LogP contribution is 2.69. The van der Waals surface area contributed by atoms with E-state index in [-0.39, 0.29) is 10.8 Å².